The molecule has 3 nitrogen and oxygen atoms in total. The van der Waals surface area contributed by atoms with E-state index in [1.807, 2.05) is 0 Å². The molecule has 1 aliphatic carbocycles. The Balaban J connectivity index is 2.21. The molecule has 0 aliphatic heterocycles. The molecule has 110 valence electrons. The number of rotatable bonds is 3. The number of anilines is 1. The summed E-state index contributed by atoms with van der Waals surface area (Å²) in [5.74, 6) is -0.519. The van der Waals surface area contributed by atoms with Gasteiger partial charge in [-0.1, -0.05) is 37.8 Å². The van der Waals surface area contributed by atoms with Gasteiger partial charge in [0.05, 0.1) is 11.1 Å². The number of halogens is 1. The second kappa shape index (κ2) is 6.35. The van der Waals surface area contributed by atoms with Gasteiger partial charge in [0, 0.05) is 6.54 Å². The Hall–Kier alpha value is -1.42. The summed E-state index contributed by atoms with van der Waals surface area (Å²) in [5, 5.41) is 2.77. The van der Waals surface area contributed by atoms with Crippen LogP contribution in [0.25, 0.3) is 0 Å². The molecular formula is C16H23FN2O. The highest BCUT2D eigenvalue weighted by Gasteiger charge is 2.37. The molecule has 1 aromatic carbocycles. The zero-order chi connectivity index (χ0) is 14.6. The van der Waals surface area contributed by atoms with E-state index in [0.29, 0.717) is 6.54 Å². The molecule has 1 saturated carbocycles. The fraction of sp³-hybridized carbons (Fsp3) is 0.562. The Labute approximate surface area is 119 Å². The predicted octanol–water partition coefficient (Wildman–Crippen LogP) is 3.37. The first-order valence-electron chi connectivity index (χ1n) is 7.36. The van der Waals surface area contributed by atoms with Crippen molar-refractivity contribution in [2.45, 2.75) is 45.4 Å². The van der Waals surface area contributed by atoms with E-state index in [9.17, 15) is 9.18 Å². The number of nitrogens with two attached hydrogens (primary N) is 1. The quantitative estimate of drug-likeness (QED) is 0.833. The second-order valence-corrected chi connectivity index (χ2v) is 5.78. The highest BCUT2D eigenvalue weighted by Crippen LogP contribution is 2.35. The van der Waals surface area contributed by atoms with Crippen molar-refractivity contribution in [3.05, 3.63) is 29.6 Å². The van der Waals surface area contributed by atoms with Crippen LogP contribution in [0.4, 0.5) is 10.1 Å². The van der Waals surface area contributed by atoms with Crippen LogP contribution in [0.1, 0.15) is 44.1 Å². The van der Waals surface area contributed by atoms with E-state index >= 15 is 0 Å². The van der Waals surface area contributed by atoms with E-state index in [1.54, 1.807) is 19.1 Å². The first kappa shape index (κ1) is 15.0. The van der Waals surface area contributed by atoms with Crippen molar-refractivity contribution < 1.29 is 9.18 Å². The van der Waals surface area contributed by atoms with Gasteiger partial charge in [-0.15, -0.1) is 0 Å². The molecule has 0 heterocycles. The number of hydrogen-bond acceptors (Lipinski definition) is 2. The first-order chi connectivity index (χ1) is 9.59. The van der Waals surface area contributed by atoms with Gasteiger partial charge in [0.1, 0.15) is 5.82 Å². The summed E-state index contributed by atoms with van der Waals surface area (Å²) in [5.41, 5.74) is 6.37. The first-order valence-corrected chi connectivity index (χ1v) is 7.36. The highest BCUT2D eigenvalue weighted by atomic mass is 19.1. The van der Waals surface area contributed by atoms with Crippen molar-refractivity contribution in [3.8, 4) is 0 Å². The van der Waals surface area contributed by atoms with Crippen molar-refractivity contribution in [2.75, 3.05) is 11.9 Å². The summed E-state index contributed by atoms with van der Waals surface area (Å²) in [6.45, 7) is 2.12. The monoisotopic (exact) mass is 278 g/mol. The molecule has 3 N–H and O–H groups in total. The number of hydrogen-bond donors (Lipinski definition) is 2. The maximum Gasteiger partial charge on any atom is 0.231 e. The fourth-order valence-electron chi connectivity index (χ4n) is 2.97. The summed E-state index contributed by atoms with van der Waals surface area (Å²) in [6.07, 6.45) is 5.91. The van der Waals surface area contributed by atoms with Crippen molar-refractivity contribution in [1.82, 2.24) is 0 Å². The SMILES string of the molecule is Cc1cccc(F)c1NC(=O)C1(CN)CCCCCC1. The van der Waals surface area contributed by atoms with Crippen LogP contribution in [0.15, 0.2) is 18.2 Å². The zero-order valence-corrected chi connectivity index (χ0v) is 12.0. The number of para-hydroxylation sites is 1. The van der Waals surface area contributed by atoms with Crippen molar-refractivity contribution in [2.24, 2.45) is 11.1 Å². The molecule has 0 saturated heterocycles. The van der Waals surface area contributed by atoms with Gasteiger partial charge in [0.25, 0.3) is 0 Å². The molecule has 0 bridgehead atoms. The number of carbonyl (C=O) groups is 1. The molecule has 0 atom stereocenters. The van der Waals surface area contributed by atoms with Crippen LogP contribution in [0, 0.1) is 18.2 Å². The van der Waals surface area contributed by atoms with E-state index in [1.165, 1.54) is 6.07 Å². The summed E-state index contributed by atoms with van der Waals surface area (Å²) >= 11 is 0. The van der Waals surface area contributed by atoms with Gasteiger partial charge in [-0.25, -0.2) is 4.39 Å². The van der Waals surface area contributed by atoms with Crippen LogP contribution in [0.2, 0.25) is 0 Å². The third-order valence-corrected chi connectivity index (χ3v) is 4.39. The van der Waals surface area contributed by atoms with Gasteiger partial charge >= 0.3 is 0 Å². The largest absolute Gasteiger partial charge is 0.329 e. The Bertz CT molecular complexity index is 459. The minimum Gasteiger partial charge on any atom is -0.329 e. The molecule has 1 amide bonds. The lowest BCUT2D eigenvalue weighted by Crippen LogP contribution is -2.42. The molecule has 0 unspecified atom stereocenters. The summed E-state index contributed by atoms with van der Waals surface area (Å²) in [4.78, 5) is 12.6. The Kier molecular flexibility index (Phi) is 4.76. The number of benzene rings is 1. The van der Waals surface area contributed by atoms with E-state index < -0.39 is 5.41 Å². The maximum absolute atomic E-state index is 13.8. The average Bonchev–Trinajstić information content (AvgIpc) is 2.69. The number of amides is 1. The standard InChI is InChI=1S/C16H23FN2O/c1-12-7-6-8-13(17)14(12)19-15(20)16(11-18)9-4-2-3-5-10-16/h6-8H,2-5,9-11,18H2,1H3,(H,19,20). The normalized spacial score (nSPS) is 18.4. The molecular weight excluding hydrogens is 255 g/mol. The van der Waals surface area contributed by atoms with Gasteiger partial charge in [-0.2, -0.15) is 0 Å². The Morgan fingerprint density at radius 3 is 2.50 bits per heavy atom. The van der Waals surface area contributed by atoms with Gasteiger partial charge < -0.3 is 11.1 Å². The van der Waals surface area contributed by atoms with Crippen molar-refractivity contribution >= 4 is 11.6 Å². The molecule has 2 rings (SSSR count). The number of nitrogens with one attached hydrogen (secondary N) is 1. The molecule has 4 heteroatoms. The third kappa shape index (κ3) is 3.01. The summed E-state index contributed by atoms with van der Waals surface area (Å²) < 4.78 is 13.8. The lowest BCUT2D eigenvalue weighted by atomic mass is 9.79. The fourth-order valence-corrected chi connectivity index (χ4v) is 2.97. The minimum absolute atomic E-state index is 0.130. The topological polar surface area (TPSA) is 55.1 Å². The lowest BCUT2D eigenvalue weighted by Gasteiger charge is -2.30. The smallest absolute Gasteiger partial charge is 0.231 e. The molecule has 1 aromatic rings. The van der Waals surface area contributed by atoms with E-state index in [4.69, 9.17) is 5.73 Å². The van der Waals surface area contributed by atoms with Crippen LogP contribution in [0.3, 0.4) is 0 Å². The van der Waals surface area contributed by atoms with E-state index in [0.717, 1.165) is 44.1 Å². The molecule has 0 aromatic heterocycles. The van der Waals surface area contributed by atoms with Crippen LogP contribution in [0.5, 0.6) is 0 Å². The molecule has 20 heavy (non-hydrogen) atoms. The third-order valence-electron chi connectivity index (χ3n) is 4.39. The maximum atomic E-state index is 13.8. The zero-order valence-electron chi connectivity index (χ0n) is 12.0. The van der Waals surface area contributed by atoms with Crippen molar-refractivity contribution in [3.63, 3.8) is 0 Å². The highest BCUT2D eigenvalue weighted by molar-refractivity contribution is 5.96. The number of aryl methyl sites for hydroxylation is 1. The average molecular weight is 278 g/mol. The van der Waals surface area contributed by atoms with E-state index in [2.05, 4.69) is 5.32 Å². The lowest BCUT2D eigenvalue weighted by molar-refractivity contribution is -0.125. The Morgan fingerprint density at radius 2 is 1.95 bits per heavy atom. The van der Waals surface area contributed by atoms with Crippen molar-refractivity contribution in [1.29, 1.82) is 0 Å². The molecule has 0 spiro atoms. The van der Waals surface area contributed by atoms with Crippen LogP contribution >= 0.6 is 0 Å². The van der Waals surface area contributed by atoms with Gasteiger partial charge in [0.2, 0.25) is 5.91 Å². The van der Waals surface area contributed by atoms with Crippen LogP contribution < -0.4 is 11.1 Å². The minimum atomic E-state index is -0.536. The predicted molar refractivity (Wildman–Crippen MR) is 79.0 cm³/mol. The molecule has 1 fully saturated rings. The van der Waals surface area contributed by atoms with Crippen LogP contribution in [-0.4, -0.2) is 12.5 Å². The molecule has 1 aliphatic rings. The van der Waals surface area contributed by atoms with Gasteiger partial charge in [-0.3, -0.25) is 4.79 Å². The van der Waals surface area contributed by atoms with Gasteiger partial charge in [-0.05, 0) is 31.4 Å². The second-order valence-electron chi connectivity index (χ2n) is 5.78. The van der Waals surface area contributed by atoms with Crippen LogP contribution in [-0.2, 0) is 4.79 Å². The number of carbonyl (C=O) groups excluding carboxylic acids is 1. The Morgan fingerprint density at radius 1 is 1.30 bits per heavy atom. The summed E-state index contributed by atoms with van der Waals surface area (Å²) in [6, 6.07) is 4.80. The molecule has 0 radical (unpaired) electrons. The van der Waals surface area contributed by atoms with Gasteiger partial charge in [0.15, 0.2) is 0 Å². The van der Waals surface area contributed by atoms with E-state index in [-0.39, 0.29) is 17.4 Å². The summed E-state index contributed by atoms with van der Waals surface area (Å²) in [7, 11) is 0.